The number of ether oxygens (including phenoxy) is 2. The number of aromatic hydroxyl groups is 1. The van der Waals surface area contributed by atoms with Gasteiger partial charge in [0, 0.05) is 6.07 Å². The molecule has 0 aliphatic carbocycles. The van der Waals surface area contributed by atoms with E-state index in [0.717, 1.165) is 17.4 Å². The summed E-state index contributed by atoms with van der Waals surface area (Å²) in [4.78, 5) is 41.7. The maximum atomic E-state index is 13.6. The lowest BCUT2D eigenvalue weighted by Crippen LogP contribution is -2.39. The van der Waals surface area contributed by atoms with Gasteiger partial charge in [0.05, 0.1) is 40.5 Å². The summed E-state index contributed by atoms with van der Waals surface area (Å²) in [6, 6.07) is 6.95. The second-order valence-corrected chi connectivity index (χ2v) is 8.71. The molecule has 2 aromatic carbocycles. The van der Waals surface area contributed by atoms with E-state index in [-0.39, 0.29) is 32.8 Å². The number of nitro benzene ring substituents is 1. The maximum absolute atomic E-state index is 13.6. The van der Waals surface area contributed by atoms with Crippen molar-refractivity contribution in [2.75, 3.05) is 13.7 Å². The first-order valence-corrected chi connectivity index (χ1v) is 11.5. The highest BCUT2D eigenvalue weighted by molar-refractivity contribution is 7.07. The second-order valence-electron chi connectivity index (χ2n) is 7.70. The number of carbonyl (C=O) groups excluding carboxylic acids is 1. The van der Waals surface area contributed by atoms with Gasteiger partial charge in [-0.2, -0.15) is 0 Å². The Morgan fingerprint density at radius 3 is 2.64 bits per heavy atom. The molecule has 0 spiro atoms. The number of hydrogen-bond acceptors (Lipinski definition) is 9. The van der Waals surface area contributed by atoms with Gasteiger partial charge in [-0.1, -0.05) is 23.5 Å². The molecule has 1 aliphatic rings. The fourth-order valence-electron chi connectivity index (χ4n) is 3.90. The summed E-state index contributed by atoms with van der Waals surface area (Å²) < 4.78 is 25.4. The summed E-state index contributed by atoms with van der Waals surface area (Å²) in [6.45, 7) is 3.38. The van der Waals surface area contributed by atoms with E-state index in [4.69, 9.17) is 9.47 Å². The van der Waals surface area contributed by atoms with E-state index in [0.29, 0.717) is 11.3 Å². The van der Waals surface area contributed by atoms with Gasteiger partial charge in [-0.15, -0.1) is 0 Å². The number of aromatic nitrogens is 1. The average molecular weight is 514 g/mol. The van der Waals surface area contributed by atoms with Crippen LogP contribution in [0.15, 0.2) is 57.5 Å². The Labute approximate surface area is 207 Å². The number of carbonyl (C=O) groups is 1. The molecule has 0 saturated heterocycles. The van der Waals surface area contributed by atoms with Crippen molar-refractivity contribution in [2.45, 2.75) is 19.9 Å². The summed E-state index contributed by atoms with van der Waals surface area (Å²) in [5, 5.41) is 21.4. The van der Waals surface area contributed by atoms with Crippen LogP contribution < -0.4 is 19.6 Å². The highest BCUT2D eigenvalue weighted by atomic mass is 32.1. The van der Waals surface area contributed by atoms with Crippen LogP contribution in [0.25, 0.3) is 6.08 Å². The third kappa shape index (κ3) is 4.38. The predicted octanol–water partition coefficient (Wildman–Crippen LogP) is 2.56. The van der Waals surface area contributed by atoms with E-state index >= 15 is 0 Å². The molecule has 0 fully saturated rings. The normalized spacial score (nSPS) is 15.3. The molecule has 0 radical (unpaired) electrons. The van der Waals surface area contributed by atoms with Crippen LogP contribution in [0.1, 0.15) is 31.0 Å². The standard InChI is InChI=1S/C24H20FN3O7S/c1-4-35-23(31)19-12(2)26-24-27(20(19)14-5-7-15(25)8-6-14)22(30)18(36-24)11-13-9-16(28(32)33)21(29)17(10-13)34-3/h5-11,20,29H,4H2,1-3H3/b18-11-/t20-/m0/s1. The van der Waals surface area contributed by atoms with Crippen LogP contribution in [0.3, 0.4) is 0 Å². The van der Waals surface area contributed by atoms with Crippen LogP contribution >= 0.6 is 11.3 Å². The molecular formula is C24H20FN3O7S. The Balaban J connectivity index is 1.96. The number of benzene rings is 2. The van der Waals surface area contributed by atoms with Gasteiger partial charge in [0.25, 0.3) is 5.56 Å². The van der Waals surface area contributed by atoms with Crippen molar-refractivity contribution in [1.82, 2.24) is 4.57 Å². The highest BCUT2D eigenvalue weighted by Crippen LogP contribution is 2.37. The molecule has 3 aromatic rings. The number of nitrogens with zero attached hydrogens (tertiary/aromatic N) is 3. The van der Waals surface area contributed by atoms with E-state index in [2.05, 4.69) is 4.99 Å². The Bertz CT molecular complexity index is 1590. The van der Waals surface area contributed by atoms with Crippen LogP contribution in [0.4, 0.5) is 10.1 Å². The topological polar surface area (TPSA) is 133 Å². The molecule has 1 atom stereocenters. The molecule has 2 heterocycles. The lowest BCUT2D eigenvalue weighted by atomic mass is 9.96. The molecule has 1 N–H and O–H groups in total. The van der Waals surface area contributed by atoms with Crippen molar-refractivity contribution in [2.24, 2.45) is 4.99 Å². The first kappa shape index (κ1) is 24.8. The number of hydrogen-bond donors (Lipinski definition) is 1. The van der Waals surface area contributed by atoms with Crippen LogP contribution in [-0.2, 0) is 9.53 Å². The molecule has 0 amide bonds. The summed E-state index contributed by atoms with van der Waals surface area (Å²) >= 11 is 1.02. The summed E-state index contributed by atoms with van der Waals surface area (Å²) in [5.41, 5.74) is 0.0987. The minimum absolute atomic E-state index is 0.109. The third-order valence-corrected chi connectivity index (χ3v) is 6.48. The molecule has 10 nitrogen and oxygen atoms in total. The summed E-state index contributed by atoms with van der Waals surface area (Å²) in [6.07, 6.45) is 1.41. The largest absolute Gasteiger partial charge is 0.500 e. The number of rotatable bonds is 6. The maximum Gasteiger partial charge on any atom is 0.338 e. The number of nitro groups is 1. The molecule has 1 aliphatic heterocycles. The van der Waals surface area contributed by atoms with Crippen LogP contribution in [0.5, 0.6) is 11.5 Å². The number of esters is 1. The predicted molar refractivity (Wildman–Crippen MR) is 128 cm³/mol. The van der Waals surface area contributed by atoms with Crippen LogP contribution in [-0.4, -0.2) is 34.3 Å². The van der Waals surface area contributed by atoms with E-state index in [1.54, 1.807) is 13.8 Å². The zero-order valence-electron chi connectivity index (χ0n) is 19.4. The number of allylic oxidation sites excluding steroid dienone is 1. The van der Waals surface area contributed by atoms with E-state index in [1.807, 2.05) is 0 Å². The smallest absolute Gasteiger partial charge is 0.338 e. The zero-order chi connectivity index (χ0) is 26.1. The molecule has 186 valence electrons. The number of thiazole rings is 1. The summed E-state index contributed by atoms with van der Waals surface area (Å²) in [5.74, 6) is -1.89. The third-order valence-electron chi connectivity index (χ3n) is 5.49. The van der Waals surface area contributed by atoms with Gasteiger partial charge in [0.15, 0.2) is 10.6 Å². The number of phenolic OH excluding ortho intramolecular Hbond substituents is 1. The van der Waals surface area contributed by atoms with Crippen molar-refractivity contribution < 1.29 is 28.7 Å². The van der Waals surface area contributed by atoms with Gasteiger partial charge in [0.2, 0.25) is 5.75 Å². The molecule has 12 heteroatoms. The number of halogens is 1. The second kappa shape index (κ2) is 9.74. The highest BCUT2D eigenvalue weighted by Gasteiger charge is 2.33. The van der Waals surface area contributed by atoms with Gasteiger partial charge in [0.1, 0.15) is 5.82 Å². The van der Waals surface area contributed by atoms with E-state index in [9.17, 15) is 29.2 Å². The molecule has 36 heavy (non-hydrogen) atoms. The first-order chi connectivity index (χ1) is 17.2. The molecule has 1 aromatic heterocycles. The van der Waals surface area contributed by atoms with Gasteiger partial charge in [-0.25, -0.2) is 14.2 Å². The Kier molecular flexibility index (Phi) is 6.71. The molecule has 0 bridgehead atoms. The van der Waals surface area contributed by atoms with Gasteiger partial charge < -0.3 is 14.6 Å². The van der Waals surface area contributed by atoms with Crippen LogP contribution in [0, 0.1) is 15.9 Å². The SMILES string of the molecule is CCOC(=O)C1=C(C)N=c2s/c(=C\c3cc(OC)c(O)c([N+](=O)[O-])c3)c(=O)n2[C@H]1c1ccc(F)cc1. The quantitative estimate of drug-likeness (QED) is 0.304. The minimum Gasteiger partial charge on any atom is -0.500 e. The van der Waals surface area contributed by atoms with Crippen molar-refractivity contribution in [3.8, 4) is 11.5 Å². The molecule has 0 unspecified atom stereocenters. The molecular weight excluding hydrogens is 493 g/mol. The first-order valence-electron chi connectivity index (χ1n) is 10.7. The van der Waals surface area contributed by atoms with E-state index < -0.39 is 39.7 Å². The lowest BCUT2D eigenvalue weighted by molar-refractivity contribution is -0.386. The van der Waals surface area contributed by atoms with Gasteiger partial charge in [-0.3, -0.25) is 19.5 Å². The van der Waals surface area contributed by atoms with E-state index in [1.165, 1.54) is 48.1 Å². The zero-order valence-corrected chi connectivity index (χ0v) is 20.2. The number of phenols is 1. The average Bonchev–Trinajstić information content (AvgIpc) is 3.13. The Morgan fingerprint density at radius 1 is 1.33 bits per heavy atom. The molecule has 4 rings (SSSR count). The summed E-state index contributed by atoms with van der Waals surface area (Å²) in [7, 11) is 1.25. The van der Waals surface area contributed by atoms with Crippen molar-refractivity contribution in [3.05, 3.63) is 94.4 Å². The van der Waals surface area contributed by atoms with Gasteiger partial charge >= 0.3 is 11.7 Å². The van der Waals surface area contributed by atoms with Crippen LogP contribution in [0.2, 0.25) is 0 Å². The lowest BCUT2D eigenvalue weighted by Gasteiger charge is -2.24. The Hall–Kier alpha value is -4.32. The number of methoxy groups -OCH3 is 1. The molecule has 0 saturated carbocycles. The van der Waals surface area contributed by atoms with Gasteiger partial charge in [-0.05, 0) is 49.2 Å². The monoisotopic (exact) mass is 513 g/mol. The number of fused-ring (bicyclic) bond motifs is 1. The fourth-order valence-corrected chi connectivity index (χ4v) is 4.94. The minimum atomic E-state index is -0.924. The Morgan fingerprint density at radius 2 is 2.03 bits per heavy atom. The van der Waals surface area contributed by atoms with Crippen molar-refractivity contribution >= 4 is 29.1 Å². The van der Waals surface area contributed by atoms with Crippen molar-refractivity contribution in [1.29, 1.82) is 0 Å². The van der Waals surface area contributed by atoms with Crippen molar-refractivity contribution in [3.63, 3.8) is 0 Å². The fraction of sp³-hybridized carbons (Fsp3) is 0.208.